The smallest absolute Gasteiger partial charge is 0.0550 e. The summed E-state index contributed by atoms with van der Waals surface area (Å²) in [6.07, 6.45) is 8.93. The molecule has 0 heterocycles. The van der Waals surface area contributed by atoms with Crippen molar-refractivity contribution in [2.24, 2.45) is 0 Å². The van der Waals surface area contributed by atoms with E-state index in [1.54, 1.807) is 0 Å². The molecule has 2 nitrogen and oxygen atoms in total. The molecule has 1 N–H and O–H groups in total. The van der Waals surface area contributed by atoms with Crippen LogP contribution in [0.2, 0.25) is 0 Å². The molecule has 0 saturated carbocycles. The zero-order valence-corrected chi connectivity index (χ0v) is 29.2. The summed E-state index contributed by atoms with van der Waals surface area (Å²) in [4.78, 5) is 2.37. The van der Waals surface area contributed by atoms with Gasteiger partial charge in [0, 0.05) is 39.5 Å². The summed E-state index contributed by atoms with van der Waals surface area (Å²) in [5, 5.41) is 3.89. The van der Waals surface area contributed by atoms with E-state index in [0.29, 0.717) is 0 Å². The molecule has 0 spiro atoms. The lowest BCUT2D eigenvalue weighted by Crippen LogP contribution is -2.26. The van der Waals surface area contributed by atoms with Gasteiger partial charge in [0.2, 0.25) is 0 Å². The summed E-state index contributed by atoms with van der Waals surface area (Å²) in [5.41, 5.74) is 16.7. The molecule has 0 aliphatic heterocycles. The van der Waals surface area contributed by atoms with E-state index in [0.717, 1.165) is 11.4 Å². The van der Waals surface area contributed by atoms with Gasteiger partial charge < -0.3 is 10.2 Å². The zero-order chi connectivity index (χ0) is 34.0. The number of anilines is 4. The van der Waals surface area contributed by atoms with Crippen LogP contribution < -0.4 is 10.2 Å². The van der Waals surface area contributed by atoms with Crippen molar-refractivity contribution in [3.05, 3.63) is 192 Å². The fourth-order valence-corrected chi connectivity index (χ4v) is 8.71. The molecule has 3 aliphatic carbocycles. The maximum Gasteiger partial charge on any atom is 0.0550 e. The fraction of sp³-hybridized carbons (Fsp3) is 0.167. The summed E-state index contributed by atoms with van der Waals surface area (Å²) < 4.78 is 0. The number of nitrogens with zero attached hydrogens (tertiary/aromatic N) is 1. The Kier molecular flexibility index (Phi) is 7.00. The molecular formula is C48H42N2. The number of nitrogens with one attached hydrogen (secondary N) is 1. The van der Waals surface area contributed by atoms with Crippen LogP contribution in [0.15, 0.2) is 164 Å². The molecule has 2 atom stereocenters. The standard InChI is InChI=1S/C48H42N2/c1-47(2)42-28-33(49-46-23-15-14-22-37(46)32-16-8-5-9-17-32)24-26-38(42)40-30-45-41(31-44(40)47)39-27-25-36(29-43(39)48(45,3)4)50(34-18-10-6-11-19-34)35-20-12-7-13-21-35/h5-31,37,46,49H,1-4H3. The van der Waals surface area contributed by atoms with Crippen LogP contribution in [0.4, 0.5) is 22.7 Å². The maximum atomic E-state index is 3.89. The first kappa shape index (κ1) is 30.5. The summed E-state index contributed by atoms with van der Waals surface area (Å²) in [7, 11) is 0. The second-order valence-corrected chi connectivity index (χ2v) is 15.1. The zero-order valence-electron chi connectivity index (χ0n) is 29.2. The molecule has 50 heavy (non-hydrogen) atoms. The lowest BCUT2D eigenvalue weighted by atomic mass is 9.79. The lowest BCUT2D eigenvalue weighted by molar-refractivity contribution is 0.652. The Hall–Kier alpha value is -5.60. The minimum absolute atomic E-state index is 0.122. The Morgan fingerprint density at radius 1 is 0.460 bits per heavy atom. The summed E-state index contributed by atoms with van der Waals surface area (Å²) in [6, 6.07) is 51.5. The topological polar surface area (TPSA) is 15.3 Å². The quantitative estimate of drug-likeness (QED) is 0.194. The van der Waals surface area contributed by atoms with Gasteiger partial charge in [-0.25, -0.2) is 0 Å². The van der Waals surface area contributed by atoms with Crippen molar-refractivity contribution in [1.82, 2.24) is 0 Å². The molecule has 0 saturated heterocycles. The third-order valence-electron chi connectivity index (χ3n) is 11.4. The molecule has 3 aliphatic rings. The Balaban J connectivity index is 1.08. The van der Waals surface area contributed by atoms with Gasteiger partial charge in [0.15, 0.2) is 0 Å². The predicted octanol–water partition coefficient (Wildman–Crippen LogP) is 12.5. The van der Waals surface area contributed by atoms with Gasteiger partial charge in [0.25, 0.3) is 0 Å². The third-order valence-corrected chi connectivity index (χ3v) is 11.4. The van der Waals surface area contributed by atoms with Gasteiger partial charge in [-0.05, 0) is 111 Å². The second kappa shape index (κ2) is 11.5. The number of hydrogen-bond donors (Lipinski definition) is 1. The highest BCUT2D eigenvalue weighted by atomic mass is 15.1. The van der Waals surface area contributed by atoms with Crippen LogP contribution in [0.3, 0.4) is 0 Å². The van der Waals surface area contributed by atoms with Crippen LogP contribution in [-0.2, 0) is 10.8 Å². The number of benzene rings is 6. The SMILES string of the molecule is CC1(C)c2cc(NC3C=CC=CC3c3ccccc3)ccc2-c2cc3c(cc21)-c1ccc(N(c2ccccc2)c2ccccc2)cc1C3(C)C. The maximum absolute atomic E-state index is 3.89. The van der Waals surface area contributed by atoms with E-state index >= 15 is 0 Å². The summed E-state index contributed by atoms with van der Waals surface area (Å²) >= 11 is 0. The van der Waals surface area contributed by atoms with Gasteiger partial charge in [-0.15, -0.1) is 0 Å². The van der Waals surface area contributed by atoms with Gasteiger partial charge >= 0.3 is 0 Å². The first-order valence-corrected chi connectivity index (χ1v) is 17.9. The van der Waals surface area contributed by atoms with Crippen molar-refractivity contribution in [1.29, 1.82) is 0 Å². The molecule has 0 amide bonds. The fourth-order valence-electron chi connectivity index (χ4n) is 8.71. The van der Waals surface area contributed by atoms with E-state index in [1.807, 2.05) is 0 Å². The monoisotopic (exact) mass is 646 g/mol. The van der Waals surface area contributed by atoms with Gasteiger partial charge in [0.1, 0.15) is 0 Å². The van der Waals surface area contributed by atoms with Crippen LogP contribution in [0, 0.1) is 0 Å². The average Bonchev–Trinajstić information content (AvgIpc) is 3.51. The minimum atomic E-state index is -0.142. The molecule has 2 unspecified atom stereocenters. The normalized spacial score (nSPS) is 18.6. The molecule has 2 heteroatoms. The Morgan fingerprint density at radius 3 is 1.56 bits per heavy atom. The Morgan fingerprint density at radius 2 is 0.960 bits per heavy atom. The molecule has 9 rings (SSSR count). The van der Waals surface area contributed by atoms with Gasteiger partial charge in [0.05, 0.1) is 6.04 Å². The molecule has 0 aromatic heterocycles. The molecule has 6 aromatic rings. The number of hydrogen-bond acceptors (Lipinski definition) is 2. The van der Waals surface area contributed by atoms with E-state index in [-0.39, 0.29) is 22.8 Å². The Bertz CT molecular complexity index is 2260. The van der Waals surface area contributed by atoms with E-state index in [4.69, 9.17) is 0 Å². The van der Waals surface area contributed by atoms with Crippen LogP contribution in [-0.4, -0.2) is 6.04 Å². The van der Waals surface area contributed by atoms with E-state index in [1.165, 1.54) is 61.4 Å². The highest BCUT2D eigenvalue weighted by Gasteiger charge is 2.42. The summed E-state index contributed by atoms with van der Waals surface area (Å²) in [6.45, 7) is 9.58. The van der Waals surface area contributed by atoms with Crippen molar-refractivity contribution >= 4 is 22.7 Å². The van der Waals surface area contributed by atoms with E-state index in [9.17, 15) is 0 Å². The molecule has 0 bridgehead atoms. The summed E-state index contributed by atoms with van der Waals surface area (Å²) in [5.74, 6) is 0.290. The minimum Gasteiger partial charge on any atom is -0.378 e. The van der Waals surface area contributed by atoms with Crippen molar-refractivity contribution in [2.45, 2.75) is 50.5 Å². The number of para-hydroxylation sites is 2. The molecule has 244 valence electrons. The predicted molar refractivity (Wildman–Crippen MR) is 211 cm³/mol. The van der Waals surface area contributed by atoms with Gasteiger partial charge in [-0.3, -0.25) is 0 Å². The van der Waals surface area contributed by atoms with Crippen molar-refractivity contribution in [3.63, 3.8) is 0 Å². The highest BCUT2D eigenvalue weighted by molar-refractivity contribution is 5.91. The van der Waals surface area contributed by atoms with Crippen LogP contribution >= 0.6 is 0 Å². The average molecular weight is 647 g/mol. The van der Waals surface area contributed by atoms with Crippen molar-refractivity contribution in [2.75, 3.05) is 10.2 Å². The largest absolute Gasteiger partial charge is 0.378 e. The number of fused-ring (bicyclic) bond motifs is 6. The van der Waals surface area contributed by atoms with Gasteiger partial charge in [-0.1, -0.05) is 131 Å². The van der Waals surface area contributed by atoms with Crippen LogP contribution in [0.1, 0.15) is 61.4 Å². The first-order valence-electron chi connectivity index (χ1n) is 17.9. The molecule has 0 fully saturated rings. The Labute approximate surface area is 296 Å². The molecule has 0 radical (unpaired) electrons. The molecule has 6 aromatic carbocycles. The number of rotatable bonds is 6. The molecular weight excluding hydrogens is 605 g/mol. The third kappa shape index (κ3) is 4.77. The van der Waals surface area contributed by atoms with Crippen molar-refractivity contribution in [3.8, 4) is 22.3 Å². The van der Waals surface area contributed by atoms with E-state index in [2.05, 4.69) is 202 Å². The second-order valence-electron chi connectivity index (χ2n) is 15.1. The van der Waals surface area contributed by atoms with Crippen LogP contribution in [0.5, 0.6) is 0 Å². The lowest BCUT2D eigenvalue weighted by Gasteiger charge is -2.28. The van der Waals surface area contributed by atoms with Crippen LogP contribution in [0.25, 0.3) is 22.3 Å². The van der Waals surface area contributed by atoms with E-state index < -0.39 is 0 Å². The highest BCUT2D eigenvalue weighted by Crippen LogP contribution is 2.57. The number of allylic oxidation sites excluding steroid dienone is 2. The van der Waals surface area contributed by atoms with Gasteiger partial charge in [-0.2, -0.15) is 0 Å². The van der Waals surface area contributed by atoms with Crippen molar-refractivity contribution < 1.29 is 0 Å². The first-order chi connectivity index (χ1) is 24.3.